The van der Waals surface area contributed by atoms with Gasteiger partial charge >= 0.3 is 0 Å². The minimum Gasteiger partial charge on any atom is -0.355 e. The van der Waals surface area contributed by atoms with Crippen LogP contribution in [0.1, 0.15) is 6.42 Å². The summed E-state index contributed by atoms with van der Waals surface area (Å²) in [6.07, 6.45) is 1.06. The van der Waals surface area contributed by atoms with E-state index in [0.717, 1.165) is 17.9 Å². The number of hydrogen-bond donors (Lipinski definition) is 3. The first-order valence-corrected chi connectivity index (χ1v) is 6.29. The zero-order valence-corrected chi connectivity index (χ0v) is 9.56. The number of thioether (sulfide) groups is 1. The van der Waals surface area contributed by atoms with Gasteiger partial charge in [0.1, 0.15) is 0 Å². The van der Waals surface area contributed by atoms with Gasteiger partial charge in [-0.15, -0.1) is 0 Å². The highest BCUT2D eigenvalue weighted by Gasteiger charge is 1.98. The van der Waals surface area contributed by atoms with Crippen LogP contribution in [0, 0.1) is 0 Å². The Balaban J connectivity index is 3.08. The Bertz CT molecular complexity index is 121. The van der Waals surface area contributed by atoms with Crippen LogP contribution in [-0.4, -0.2) is 35.5 Å². The second kappa shape index (κ2) is 9.61. The van der Waals surface area contributed by atoms with Crippen LogP contribution in [0.25, 0.3) is 0 Å². The fourth-order valence-corrected chi connectivity index (χ4v) is 1.84. The first-order valence-electron chi connectivity index (χ1n) is 3.87. The third-order valence-electron chi connectivity index (χ3n) is 1.11. The molecule has 0 fully saturated rings. The van der Waals surface area contributed by atoms with Crippen LogP contribution in [0.5, 0.6) is 0 Å². The molecule has 0 aliphatic heterocycles. The molecule has 0 rings (SSSR count). The zero-order chi connectivity index (χ0) is 9.23. The highest BCUT2D eigenvalue weighted by molar-refractivity contribution is 7.99. The molecule has 0 atom stereocenters. The quantitative estimate of drug-likeness (QED) is 0.447. The first kappa shape index (κ1) is 12.5. The maximum atomic E-state index is 11.0. The molecule has 0 unspecified atom stereocenters. The normalized spacial score (nSPS) is 9.83. The average molecular weight is 225 g/mol. The summed E-state index contributed by atoms with van der Waals surface area (Å²) in [5.41, 5.74) is 0. The first-order chi connectivity index (χ1) is 5.81. The fourth-order valence-electron chi connectivity index (χ4n) is 0.578. The fraction of sp³-hybridized carbons (Fsp3) is 0.857. The van der Waals surface area contributed by atoms with Crippen molar-refractivity contribution in [2.24, 2.45) is 0 Å². The lowest BCUT2D eigenvalue weighted by Gasteiger charge is -2.01. The van der Waals surface area contributed by atoms with Crippen LogP contribution < -0.4 is 5.32 Å². The molecule has 5 heteroatoms. The van der Waals surface area contributed by atoms with Crippen LogP contribution in [-0.2, 0) is 4.79 Å². The summed E-state index contributed by atoms with van der Waals surface area (Å²) in [7, 11) is 0. The molecule has 0 aromatic rings. The minimum atomic E-state index is 0.105. The van der Waals surface area contributed by atoms with Gasteiger partial charge in [-0.1, -0.05) is 0 Å². The molecule has 0 saturated heterocycles. The van der Waals surface area contributed by atoms with Gasteiger partial charge in [0.25, 0.3) is 0 Å². The molecule has 1 N–H and O–H groups in total. The molecule has 12 heavy (non-hydrogen) atoms. The summed E-state index contributed by atoms with van der Waals surface area (Å²) >= 11 is 9.72. The molecule has 72 valence electrons. The molecule has 1 amide bonds. The second-order valence-electron chi connectivity index (χ2n) is 2.20. The third-order valence-corrected chi connectivity index (χ3v) is 2.70. The molecule has 2 nitrogen and oxygen atoms in total. The van der Waals surface area contributed by atoms with Crippen molar-refractivity contribution in [1.82, 2.24) is 5.32 Å². The highest BCUT2D eigenvalue weighted by Crippen LogP contribution is 2.02. The van der Waals surface area contributed by atoms with Crippen molar-refractivity contribution in [2.75, 3.05) is 29.6 Å². The SMILES string of the molecule is O=C(CSCCCS)NCCS. The Morgan fingerprint density at radius 3 is 2.67 bits per heavy atom. The van der Waals surface area contributed by atoms with Gasteiger partial charge in [0.15, 0.2) is 0 Å². The summed E-state index contributed by atoms with van der Waals surface area (Å²) in [6.45, 7) is 0.662. The Hall–Kier alpha value is 0.520. The monoisotopic (exact) mass is 225 g/mol. The zero-order valence-electron chi connectivity index (χ0n) is 6.95. The van der Waals surface area contributed by atoms with Crippen LogP contribution in [0.3, 0.4) is 0 Å². The molecule has 0 aromatic carbocycles. The maximum absolute atomic E-state index is 11.0. The molecular weight excluding hydrogens is 210 g/mol. The van der Waals surface area contributed by atoms with Gasteiger partial charge in [0, 0.05) is 12.3 Å². The van der Waals surface area contributed by atoms with Crippen molar-refractivity contribution in [3.63, 3.8) is 0 Å². The number of hydrogen-bond acceptors (Lipinski definition) is 4. The number of thiol groups is 2. The van der Waals surface area contributed by atoms with Crippen LogP contribution in [0.2, 0.25) is 0 Å². The van der Waals surface area contributed by atoms with Crippen LogP contribution in [0.15, 0.2) is 0 Å². The van der Waals surface area contributed by atoms with Gasteiger partial charge in [0.2, 0.25) is 5.91 Å². The van der Waals surface area contributed by atoms with Crippen LogP contribution in [0.4, 0.5) is 0 Å². The van der Waals surface area contributed by atoms with Gasteiger partial charge in [0.05, 0.1) is 5.75 Å². The van der Waals surface area contributed by atoms with E-state index >= 15 is 0 Å². The predicted molar refractivity (Wildman–Crippen MR) is 62.7 cm³/mol. The molecule has 0 saturated carbocycles. The van der Waals surface area contributed by atoms with Crippen molar-refractivity contribution >= 4 is 42.9 Å². The number of nitrogens with one attached hydrogen (secondary N) is 1. The Morgan fingerprint density at radius 1 is 1.33 bits per heavy atom. The standard InChI is InChI=1S/C7H15NOS3/c9-7(8-2-4-11)6-12-5-1-3-10/h10-11H,1-6H2,(H,8,9). The van der Waals surface area contributed by atoms with E-state index in [1.165, 1.54) is 0 Å². The second-order valence-corrected chi connectivity index (χ2v) is 4.20. The van der Waals surface area contributed by atoms with Crippen molar-refractivity contribution in [3.05, 3.63) is 0 Å². The van der Waals surface area contributed by atoms with E-state index in [9.17, 15) is 4.79 Å². The Labute approximate surface area is 89.1 Å². The van der Waals surface area contributed by atoms with Gasteiger partial charge in [-0.2, -0.15) is 37.0 Å². The van der Waals surface area contributed by atoms with Crippen LogP contribution >= 0.6 is 37.0 Å². The van der Waals surface area contributed by atoms with E-state index in [-0.39, 0.29) is 5.91 Å². The van der Waals surface area contributed by atoms with Gasteiger partial charge in [-0.3, -0.25) is 4.79 Å². The Morgan fingerprint density at radius 2 is 2.08 bits per heavy atom. The van der Waals surface area contributed by atoms with Crippen molar-refractivity contribution in [2.45, 2.75) is 6.42 Å². The number of carbonyl (C=O) groups is 1. The molecule has 0 aliphatic rings. The van der Waals surface area contributed by atoms with E-state index in [4.69, 9.17) is 0 Å². The highest BCUT2D eigenvalue weighted by atomic mass is 32.2. The average Bonchev–Trinajstić information content (AvgIpc) is 2.09. The molecule has 0 spiro atoms. The lowest BCUT2D eigenvalue weighted by Crippen LogP contribution is -2.27. The van der Waals surface area contributed by atoms with Gasteiger partial charge < -0.3 is 5.32 Å². The topological polar surface area (TPSA) is 29.1 Å². The van der Waals surface area contributed by atoms with Crippen molar-refractivity contribution < 1.29 is 4.79 Å². The third kappa shape index (κ3) is 8.62. The number of amides is 1. The summed E-state index contributed by atoms with van der Waals surface area (Å²) in [4.78, 5) is 11.0. The summed E-state index contributed by atoms with van der Waals surface area (Å²) in [5.74, 6) is 3.27. The van der Waals surface area contributed by atoms with Gasteiger partial charge in [-0.05, 0) is 17.9 Å². The van der Waals surface area contributed by atoms with Crippen molar-refractivity contribution in [1.29, 1.82) is 0 Å². The van der Waals surface area contributed by atoms with Crippen molar-refractivity contribution in [3.8, 4) is 0 Å². The summed E-state index contributed by atoms with van der Waals surface area (Å²) in [5, 5.41) is 2.75. The number of rotatable bonds is 7. The largest absolute Gasteiger partial charge is 0.355 e. The maximum Gasteiger partial charge on any atom is 0.230 e. The molecule has 0 aromatic heterocycles. The number of carbonyl (C=O) groups excluding carboxylic acids is 1. The van der Waals surface area contributed by atoms with E-state index in [2.05, 4.69) is 30.6 Å². The summed E-state index contributed by atoms with van der Waals surface area (Å²) < 4.78 is 0. The van der Waals surface area contributed by atoms with E-state index in [0.29, 0.717) is 18.1 Å². The predicted octanol–water partition coefficient (Wildman–Crippen LogP) is 1.09. The molecular formula is C7H15NOS3. The van der Waals surface area contributed by atoms with E-state index < -0.39 is 0 Å². The summed E-state index contributed by atoms with van der Waals surface area (Å²) in [6, 6.07) is 0. The molecule has 0 radical (unpaired) electrons. The van der Waals surface area contributed by atoms with Gasteiger partial charge in [-0.25, -0.2) is 0 Å². The molecule has 0 bridgehead atoms. The smallest absolute Gasteiger partial charge is 0.230 e. The van der Waals surface area contributed by atoms with E-state index in [1.807, 2.05) is 0 Å². The molecule has 0 aliphatic carbocycles. The lowest BCUT2D eigenvalue weighted by molar-refractivity contribution is -0.118. The Kier molecular flexibility index (Phi) is 10.0. The molecule has 0 heterocycles. The minimum absolute atomic E-state index is 0.105. The van der Waals surface area contributed by atoms with E-state index in [1.54, 1.807) is 11.8 Å². The lowest BCUT2D eigenvalue weighted by atomic mass is 10.6.